The van der Waals surface area contributed by atoms with Crippen LogP contribution in [0, 0.1) is 11.8 Å². The van der Waals surface area contributed by atoms with E-state index in [9.17, 15) is 0 Å². The zero-order valence-electron chi connectivity index (χ0n) is 94.3. The zero-order valence-corrected chi connectivity index (χ0v) is 94.3. The molecule has 20 aromatic rings. The van der Waals surface area contributed by atoms with Gasteiger partial charge in [-0.05, 0) is 187 Å². The second-order valence-corrected chi connectivity index (χ2v) is 29.2. The third kappa shape index (κ3) is 35.2. The number of benzene rings is 20. The predicted octanol–water partition coefficient (Wildman–Crippen LogP) is 45.4. The van der Waals surface area contributed by atoms with Gasteiger partial charge >= 0.3 is 0 Å². The van der Waals surface area contributed by atoms with Crippen molar-refractivity contribution in [1.29, 1.82) is 0 Å². The van der Waals surface area contributed by atoms with E-state index < -0.39 is 0 Å². The molecular weight excluding hydrogens is 1730 g/mol. The quantitative estimate of drug-likeness (QED) is 0.105. The zero-order chi connectivity index (χ0) is 107. The number of hydrogen-bond donors (Lipinski definition) is 0. The first kappa shape index (κ1) is 126. The maximum atomic E-state index is 2.36. The Kier molecular flexibility index (Phi) is 67.1. The normalized spacial score (nSPS) is 12.3. The minimum Gasteiger partial charge on any atom is -0.0767 e. The molecule has 25 rings (SSSR count). The van der Waals surface area contributed by atoms with Gasteiger partial charge in [0, 0.05) is 23.7 Å². The molecule has 5 aliphatic carbocycles. The van der Waals surface area contributed by atoms with Crippen LogP contribution in [0.15, 0.2) is 449 Å². The largest absolute Gasteiger partial charge is 0.0767 e. The molecule has 0 fully saturated rings. The Morgan fingerprint density at radius 1 is 0.146 bits per heavy atom. The highest BCUT2D eigenvalue weighted by Crippen LogP contribution is 2.48. The number of rotatable bonds is 0. The van der Waals surface area contributed by atoms with Crippen molar-refractivity contribution in [2.24, 2.45) is 11.8 Å². The molecule has 0 aliphatic heterocycles. The van der Waals surface area contributed by atoms with Crippen LogP contribution in [0.25, 0.3) is 154 Å². The van der Waals surface area contributed by atoms with Crippen molar-refractivity contribution < 1.29 is 0 Å². The molecule has 4 atom stereocenters. The molecule has 0 spiro atoms. The fourth-order valence-corrected chi connectivity index (χ4v) is 16.9. The van der Waals surface area contributed by atoms with Gasteiger partial charge in [0.1, 0.15) is 0 Å². The van der Waals surface area contributed by atoms with Gasteiger partial charge in [0.2, 0.25) is 0 Å². The summed E-state index contributed by atoms with van der Waals surface area (Å²) in [5.41, 5.74) is 11.1. The second kappa shape index (κ2) is 76.7. The third-order valence-corrected chi connectivity index (χ3v) is 22.4. The van der Waals surface area contributed by atoms with E-state index in [1.807, 2.05) is 258 Å². The van der Waals surface area contributed by atoms with E-state index in [2.05, 4.69) is 437 Å². The number of fused-ring (bicyclic) bond motifs is 17. The Hall–Kier alpha value is -14.0. The van der Waals surface area contributed by atoms with Crippen LogP contribution in [0.3, 0.4) is 0 Å². The summed E-state index contributed by atoms with van der Waals surface area (Å²) in [6.07, 6.45) is 22.8. The van der Waals surface area contributed by atoms with Crippen molar-refractivity contribution in [3.8, 4) is 22.3 Å². The van der Waals surface area contributed by atoms with Crippen molar-refractivity contribution in [3.05, 3.63) is 482 Å². The average Bonchev–Trinajstić information content (AvgIpc) is 1.60. The Morgan fingerprint density at radius 2 is 0.361 bits per heavy atom. The molecule has 0 nitrogen and oxygen atoms in total. The minimum absolute atomic E-state index is 0.501. The van der Waals surface area contributed by atoms with Crippen molar-refractivity contribution in [1.82, 2.24) is 0 Å². The molecule has 754 valence electrons. The van der Waals surface area contributed by atoms with Crippen LogP contribution in [0.5, 0.6) is 0 Å². The van der Waals surface area contributed by atoms with Gasteiger partial charge in [0.15, 0.2) is 0 Å². The summed E-state index contributed by atoms with van der Waals surface area (Å²) in [5, 5.41) is 29.4. The van der Waals surface area contributed by atoms with Crippen LogP contribution in [-0.2, 0) is 0 Å². The van der Waals surface area contributed by atoms with Crippen molar-refractivity contribution >= 4 is 132 Å². The van der Waals surface area contributed by atoms with Gasteiger partial charge in [-0.3, -0.25) is 0 Å². The van der Waals surface area contributed by atoms with E-state index >= 15 is 0 Å². The van der Waals surface area contributed by atoms with Crippen LogP contribution in [0.1, 0.15) is 256 Å². The maximum absolute atomic E-state index is 2.36. The lowest BCUT2D eigenvalue weighted by molar-refractivity contribution is 0.722. The molecule has 0 heterocycles. The summed E-state index contributed by atoms with van der Waals surface area (Å²) in [6.45, 7) is 64.0. The molecule has 0 heteroatoms. The smallest absolute Gasteiger partial charge is 0.0131 e. The van der Waals surface area contributed by atoms with Gasteiger partial charge in [0.25, 0.3) is 0 Å². The van der Waals surface area contributed by atoms with Gasteiger partial charge in [-0.2, -0.15) is 0 Å². The first-order valence-corrected chi connectivity index (χ1v) is 55.1. The summed E-state index contributed by atoms with van der Waals surface area (Å²) in [6, 6.07) is 146. The van der Waals surface area contributed by atoms with E-state index in [0.29, 0.717) is 23.7 Å². The standard InChI is InChI=1S/C18H14.C18H12.2C16H10.C14H10.C14H12.C10H8.C6H6.16C2H6/c1-3-7-15-13(5-1)9-11-18-16-8-4-2-6-14(16)10-12-17(15)18;1-2-6-14-10-18-12-16-8-4-3-7-15(16)11-17(18)9-13(14)5-1;1-3-11-7-9-13-5-2-6-14-10-8-12(4-1)15(11)16(13)14;1-2-8-13-12(7-1)14-9-3-5-11-6-4-10-15(13)16(11)14;1-3-7-13-11(5-1)9-10-12-6-2-4-8-14(12)13;1-2-6-12-10-14-8-4-3-7-13(14)9-11(12)5-1;1-2-6-10-8-4-3-7-9(10)5-1;1-2-4-6-5-3-1;16*1-2/h1-12,17-18H;1-12H;2*1-10H;1-10H;1-12H;1-8H;1-6H;16*1-2H3. The summed E-state index contributed by atoms with van der Waals surface area (Å²) in [4.78, 5) is 0. The third-order valence-electron chi connectivity index (χ3n) is 22.4. The lowest BCUT2D eigenvalue weighted by Crippen LogP contribution is -2.31. The summed E-state index contributed by atoms with van der Waals surface area (Å²) in [5.74, 6) is 2.13. The van der Waals surface area contributed by atoms with Crippen LogP contribution >= 0.6 is 0 Å². The molecule has 0 saturated carbocycles. The highest BCUT2D eigenvalue weighted by atomic mass is 14.3. The van der Waals surface area contributed by atoms with Gasteiger partial charge in [0.05, 0.1) is 0 Å². The van der Waals surface area contributed by atoms with Crippen LogP contribution in [-0.4, -0.2) is 0 Å². The molecule has 20 aromatic carbocycles. The van der Waals surface area contributed by atoms with E-state index in [1.54, 1.807) is 0 Å². The van der Waals surface area contributed by atoms with Gasteiger partial charge in [-0.1, -0.05) is 671 Å². The fraction of sp³-hybridized carbons (Fsp3) is 0.250. The first-order chi connectivity index (χ1) is 71.6. The summed E-state index contributed by atoms with van der Waals surface area (Å²) >= 11 is 0. The van der Waals surface area contributed by atoms with E-state index in [-0.39, 0.29) is 0 Å². The monoisotopic (exact) mass is 1910 g/mol. The first-order valence-electron chi connectivity index (χ1n) is 55.1. The molecule has 0 aromatic heterocycles. The van der Waals surface area contributed by atoms with Gasteiger partial charge < -0.3 is 0 Å². The molecule has 0 radical (unpaired) electrons. The second-order valence-electron chi connectivity index (χ2n) is 29.2. The maximum Gasteiger partial charge on any atom is 0.0131 e. The highest BCUT2D eigenvalue weighted by Gasteiger charge is 2.29. The van der Waals surface area contributed by atoms with Crippen LogP contribution in [0.2, 0.25) is 0 Å². The minimum atomic E-state index is 0.501. The SMILES string of the molecule is C1=CC2C=c3ccccc3=CC2C=C1.C1=CC2c3ccccc3C=CC2c2ccccc21.CC.CC.CC.CC.CC.CC.CC.CC.CC.CC.CC.CC.CC.CC.CC.CC.c1cc2ccc3cccc4ccc(c1)c2c34.c1ccc2c(c1)-c1cccc3cccc-2c13.c1ccc2c(c1)ccc1ccccc12.c1ccc2cc3cc4ccccc4cc3cc2c1.c1ccc2ccccc2c1.c1ccccc1. The molecule has 0 N–H and O–H groups in total. The Labute approximate surface area is 874 Å². The molecule has 0 amide bonds. The van der Waals surface area contributed by atoms with E-state index in [0.717, 1.165) is 0 Å². The Morgan fingerprint density at radius 3 is 0.660 bits per heavy atom. The highest BCUT2D eigenvalue weighted by molar-refractivity contribution is 6.23. The van der Waals surface area contributed by atoms with Crippen LogP contribution < -0.4 is 10.4 Å². The van der Waals surface area contributed by atoms with Crippen molar-refractivity contribution in [3.63, 3.8) is 0 Å². The molecular formula is C144H178. The molecule has 0 bridgehead atoms. The molecule has 0 saturated heterocycles. The summed E-state index contributed by atoms with van der Waals surface area (Å²) in [7, 11) is 0. The topological polar surface area (TPSA) is 0 Å². The van der Waals surface area contributed by atoms with Crippen molar-refractivity contribution in [2.75, 3.05) is 0 Å². The summed E-state index contributed by atoms with van der Waals surface area (Å²) < 4.78 is 0. The number of allylic oxidation sites excluding steroid dienone is 6. The average molecular weight is 1910 g/mol. The lowest BCUT2D eigenvalue weighted by atomic mass is 9.72. The molecule has 144 heavy (non-hydrogen) atoms. The lowest BCUT2D eigenvalue weighted by Gasteiger charge is -2.32. The Bertz CT molecular complexity index is 6460. The van der Waals surface area contributed by atoms with E-state index in [4.69, 9.17) is 0 Å². The Balaban J connectivity index is 0.000000539. The molecule has 5 aliphatic rings. The fourth-order valence-electron chi connectivity index (χ4n) is 16.9. The van der Waals surface area contributed by atoms with Gasteiger partial charge in [-0.25, -0.2) is 0 Å². The van der Waals surface area contributed by atoms with E-state index in [1.165, 1.54) is 163 Å². The molecule has 4 unspecified atom stereocenters. The van der Waals surface area contributed by atoms with Crippen LogP contribution in [0.4, 0.5) is 0 Å². The number of hydrogen-bond acceptors (Lipinski definition) is 0. The van der Waals surface area contributed by atoms with Gasteiger partial charge in [-0.15, -0.1) is 0 Å². The van der Waals surface area contributed by atoms with Crippen molar-refractivity contribution in [2.45, 2.75) is 233 Å². The predicted molar refractivity (Wildman–Crippen MR) is 667 cm³/mol.